The molecular weight excluding hydrogens is 188 g/mol. The van der Waals surface area contributed by atoms with Crippen LogP contribution in [0.4, 0.5) is 0 Å². The van der Waals surface area contributed by atoms with E-state index in [0.717, 1.165) is 5.56 Å². The first-order valence-corrected chi connectivity index (χ1v) is 4.97. The predicted octanol–water partition coefficient (Wildman–Crippen LogP) is 1.56. The SMILES string of the molecule is C[C@@H]([C@@H](O)c1ccccc1)N(C)CC#N. The Labute approximate surface area is 90.6 Å². The van der Waals surface area contributed by atoms with E-state index in [2.05, 4.69) is 6.07 Å². The van der Waals surface area contributed by atoms with E-state index >= 15 is 0 Å². The summed E-state index contributed by atoms with van der Waals surface area (Å²) in [5, 5.41) is 18.6. The molecule has 80 valence electrons. The maximum absolute atomic E-state index is 10.0. The Balaban J connectivity index is 2.69. The van der Waals surface area contributed by atoms with Crippen molar-refractivity contribution in [3.63, 3.8) is 0 Å². The van der Waals surface area contributed by atoms with Crippen molar-refractivity contribution in [3.8, 4) is 6.07 Å². The molecule has 0 spiro atoms. The monoisotopic (exact) mass is 204 g/mol. The van der Waals surface area contributed by atoms with Crippen molar-refractivity contribution in [2.24, 2.45) is 0 Å². The van der Waals surface area contributed by atoms with E-state index < -0.39 is 6.10 Å². The molecule has 0 saturated carbocycles. The van der Waals surface area contributed by atoms with Crippen molar-refractivity contribution >= 4 is 0 Å². The first-order chi connectivity index (χ1) is 7.16. The second-order valence-corrected chi connectivity index (χ2v) is 3.67. The Morgan fingerprint density at radius 1 is 1.40 bits per heavy atom. The summed E-state index contributed by atoms with van der Waals surface area (Å²) in [6.07, 6.45) is -0.551. The second-order valence-electron chi connectivity index (χ2n) is 3.67. The maximum atomic E-state index is 10.0. The molecule has 3 nitrogen and oxygen atoms in total. The lowest BCUT2D eigenvalue weighted by Crippen LogP contribution is -2.34. The molecule has 1 aromatic rings. The Kier molecular flexibility index (Phi) is 4.29. The van der Waals surface area contributed by atoms with Gasteiger partial charge in [-0.1, -0.05) is 30.3 Å². The molecule has 0 aromatic heterocycles. The van der Waals surface area contributed by atoms with Gasteiger partial charge in [0.05, 0.1) is 18.7 Å². The highest BCUT2D eigenvalue weighted by molar-refractivity contribution is 5.18. The van der Waals surface area contributed by atoms with Crippen molar-refractivity contribution in [2.75, 3.05) is 13.6 Å². The molecule has 0 aliphatic heterocycles. The fourth-order valence-corrected chi connectivity index (χ4v) is 1.43. The lowest BCUT2D eigenvalue weighted by atomic mass is 10.0. The average molecular weight is 204 g/mol. The Bertz CT molecular complexity index is 331. The molecule has 1 rings (SSSR count). The van der Waals surface area contributed by atoms with Crippen LogP contribution in [0.5, 0.6) is 0 Å². The number of nitrogens with zero attached hydrogens (tertiary/aromatic N) is 2. The summed E-state index contributed by atoms with van der Waals surface area (Å²) in [6, 6.07) is 11.5. The molecule has 0 amide bonds. The fraction of sp³-hybridized carbons (Fsp3) is 0.417. The molecule has 1 aromatic carbocycles. The van der Waals surface area contributed by atoms with Crippen LogP contribution in [0.2, 0.25) is 0 Å². The summed E-state index contributed by atoms with van der Waals surface area (Å²) in [4.78, 5) is 1.83. The molecule has 0 radical (unpaired) electrons. The van der Waals surface area contributed by atoms with Crippen LogP contribution in [0.1, 0.15) is 18.6 Å². The van der Waals surface area contributed by atoms with Gasteiger partial charge in [-0.15, -0.1) is 0 Å². The van der Waals surface area contributed by atoms with E-state index in [9.17, 15) is 5.11 Å². The van der Waals surface area contributed by atoms with Crippen LogP contribution < -0.4 is 0 Å². The number of rotatable bonds is 4. The molecule has 0 aliphatic rings. The number of nitriles is 1. The maximum Gasteiger partial charge on any atom is 0.0942 e. The number of hydrogen-bond donors (Lipinski definition) is 1. The average Bonchev–Trinajstić information content (AvgIpc) is 2.28. The smallest absolute Gasteiger partial charge is 0.0942 e. The largest absolute Gasteiger partial charge is 0.387 e. The normalized spacial score (nSPS) is 14.6. The van der Waals surface area contributed by atoms with E-state index in [1.165, 1.54) is 0 Å². The van der Waals surface area contributed by atoms with Gasteiger partial charge in [-0.05, 0) is 19.5 Å². The van der Waals surface area contributed by atoms with Gasteiger partial charge in [0.2, 0.25) is 0 Å². The highest BCUT2D eigenvalue weighted by atomic mass is 16.3. The molecule has 3 heteroatoms. The van der Waals surface area contributed by atoms with Crippen LogP contribution in [0.15, 0.2) is 30.3 Å². The lowest BCUT2D eigenvalue weighted by Gasteiger charge is -2.26. The zero-order valence-electron chi connectivity index (χ0n) is 9.09. The topological polar surface area (TPSA) is 47.3 Å². The van der Waals surface area contributed by atoms with Crippen LogP contribution >= 0.6 is 0 Å². The van der Waals surface area contributed by atoms with Crippen molar-refractivity contribution < 1.29 is 5.11 Å². The summed E-state index contributed by atoms with van der Waals surface area (Å²) in [5.74, 6) is 0. The molecule has 0 heterocycles. The third kappa shape index (κ3) is 3.05. The molecule has 0 bridgehead atoms. The van der Waals surface area contributed by atoms with E-state index in [1.54, 1.807) is 0 Å². The summed E-state index contributed by atoms with van der Waals surface area (Å²) in [7, 11) is 1.83. The van der Waals surface area contributed by atoms with Gasteiger partial charge in [0.25, 0.3) is 0 Å². The fourth-order valence-electron chi connectivity index (χ4n) is 1.43. The van der Waals surface area contributed by atoms with E-state index in [4.69, 9.17) is 5.26 Å². The number of hydrogen-bond acceptors (Lipinski definition) is 3. The number of benzene rings is 1. The van der Waals surface area contributed by atoms with Gasteiger partial charge >= 0.3 is 0 Å². The number of likely N-dealkylation sites (N-methyl/N-ethyl adjacent to an activating group) is 1. The van der Waals surface area contributed by atoms with Crippen molar-refractivity contribution in [1.82, 2.24) is 4.90 Å². The Morgan fingerprint density at radius 2 is 2.00 bits per heavy atom. The van der Waals surface area contributed by atoms with Crippen LogP contribution in [0.25, 0.3) is 0 Å². The predicted molar refractivity (Wildman–Crippen MR) is 59.1 cm³/mol. The standard InChI is InChI=1S/C12H16N2O/c1-10(14(2)9-8-13)12(15)11-6-4-3-5-7-11/h3-7,10,12,15H,9H2,1-2H3/t10-,12+/m0/s1. The minimum absolute atomic E-state index is 0.0629. The first-order valence-electron chi connectivity index (χ1n) is 4.97. The van der Waals surface area contributed by atoms with Gasteiger partial charge in [-0.3, -0.25) is 4.90 Å². The quantitative estimate of drug-likeness (QED) is 0.757. The highest BCUT2D eigenvalue weighted by Gasteiger charge is 2.19. The van der Waals surface area contributed by atoms with Gasteiger partial charge < -0.3 is 5.11 Å². The number of aliphatic hydroxyl groups excluding tert-OH is 1. The molecule has 1 N–H and O–H groups in total. The van der Waals surface area contributed by atoms with Crippen molar-refractivity contribution in [3.05, 3.63) is 35.9 Å². The van der Waals surface area contributed by atoms with Gasteiger partial charge in [-0.2, -0.15) is 5.26 Å². The zero-order chi connectivity index (χ0) is 11.3. The van der Waals surface area contributed by atoms with Crippen molar-refractivity contribution in [1.29, 1.82) is 5.26 Å². The van der Waals surface area contributed by atoms with Crippen molar-refractivity contribution in [2.45, 2.75) is 19.1 Å². The summed E-state index contributed by atoms with van der Waals surface area (Å²) < 4.78 is 0. The first kappa shape index (κ1) is 11.7. The Morgan fingerprint density at radius 3 is 2.53 bits per heavy atom. The van der Waals surface area contributed by atoms with E-state index in [-0.39, 0.29) is 6.04 Å². The number of aliphatic hydroxyl groups is 1. The molecule has 0 saturated heterocycles. The molecule has 15 heavy (non-hydrogen) atoms. The molecule has 0 unspecified atom stereocenters. The summed E-state index contributed by atoms with van der Waals surface area (Å²) >= 11 is 0. The van der Waals surface area contributed by atoms with Gasteiger partial charge in [-0.25, -0.2) is 0 Å². The minimum atomic E-state index is -0.551. The summed E-state index contributed by atoms with van der Waals surface area (Å²) in [5.41, 5.74) is 0.884. The zero-order valence-corrected chi connectivity index (χ0v) is 9.09. The molecular formula is C12H16N2O. The second kappa shape index (κ2) is 5.50. The van der Waals surface area contributed by atoms with Crippen LogP contribution in [0.3, 0.4) is 0 Å². The van der Waals surface area contributed by atoms with Gasteiger partial charge in [0.15, 0.2) is 0 Å². The molecule has 0 aliphatic carbocycles. The minimum Gasteiger partial charge on any atom is -0.387 e. The Hall–Kier alpha value is -1.37. The molecule has 2 atom stereocenters. The third-order valence-corrected chi connectivity index (χ3v) is 2.61. The summed E-state index contributed by atoms with van der Waals surface area (Å²) in [6.45, 7) is 2.24. The van der Waals surface area contributed by atoms with Crippen LogP contribution in [-0.4, -0.2) is 29.6 Å². The van der Waals surface area contributed by atoms with Crippen LogP contribution in [-0.2, 0) is 0 Å². The van der Waals surface area contributed by atoms with Gasteiger partial charge in [0, 0.05) is 6.04 Å². The van der Waals surface area contributed by atoms with E-state index in [1.807, 2.05) is 49.2 Å². The highest BCUT2D eigenvalue weighted by Crippen LogP contribution is 2.19. The third-order valence-electron chi connectivity index (χ3n) is 2.61. The van der Waals surface area contributed by atoms with Crippen LogP contribution in [0, 0.1) is 11.3 Å². The molecule has 0 fully saturated rings. The van der Waals surface area contributed by atoms with Gasteiger partial charge in [0.1, 0.15) is 0 Å². The lowest BCUT2D eigenvalue weighted by molar-refractivity contribution is 0.0794. The van der Waals surface area contributed by atoms with E-state index in [0.29, 0.717) is 6.54 Å².